The summed E-state index contributed by atoms with van der Waals surface area (Å²) in [6.07, 6.45) is 1.59. The van der Waals surface area contributed by atoms with Crippen LogP contribution in [0.25, 0.3) is 0 Å². The molecule has 114 valence electrons. The maximum Gasteiger partial charge on any atom is 0.251 e. The van der Waals surface area contributed by atoms with Crippen molar-refractivity contribution >= 4 is 11.6 Å². The summed E-state index contributed by atoms with van der Waals surface area (Å²) in [5.41, 5.74) is 7.03. The number of amides is 1. The topological polar surface area (TPSA) is 64.3 Å². The first-order valence-electron chi connectivity index (χ1n) is 6.76. The molecule has 0 bridgehead atoms. The third-order valence-corrected chi connectivity index (χ3v) is 3.03. The fraction of sp³-hybridized carbons (Fsp3) is 0.118. The zero-order valence-corrected chi connectivity index (χ0v) is 12.0. The second-order valence-electron chi connectivity index (χ2n) is 4.63. The maximum atomic E-state index is 13.5. The Kier molecular flexibility index (Phi) is 5.14. The van der Waals surface area contributed by atoms with Gasteiger partial charge in [0, 0.05) is 17.7 Å². The highest BCUT2D eigenvalue weighted by Crippen LogP contribution is 2.22. The molecule has 1 amide bonds. The number of nitrogen functional groups attached to an aromatic ring is 1. The summed E-state index contributed by atoms with van der Waals surface area (Å²) in [5.74, 6) is -0.264. The first-order chi connectivity index (χ1) is 10.6. The number of rotatable bonds is 6. The van der Waals surface area contributed by atoms with Crippen molar-refractivity contribution in [3.63, 3.8) is 0 Å². The summed E-state index contributed by atoms with van der Waals surface area (Å²) in [5, 5.41) is 2.66. The molecule has 0 radical (unpaired) electrons. The van der Waals surface area contributed by atoms with Crippen LogP contribution in [0.3, 0.4) is 0 Å². The molecule has 0 saturated heterocycles. The van der Waals surface area contributed by atoms with Crippen LogP contribution in [-0.4, -0.2) is 12.5 Å². The zero-order chi connectivity index (χ0) is 15.9. The number of nitrogens with one attached hydrogen (secondary N) is 1. The van der Waals surface area contributed by atoms with E-state index in [2.05, 4.69) is 11.9 Å². The molecule has 5 heteroatoms. The molecule has 0 saturated carbocycles. The van der Waals surface area contributed by atoms with E-state index in [1.54, 1.807) is 42.5 Å². The van der Waals surface area contributed by atoms with Crippen molar-refractivity contribution < 1.29 is 13.9 Å². The lowest BCUT2D eigenvalue weighted by molar-refractivity contribution is 0.0950. The van der Waals surface area contributed by atoms with Gasteiger partial charge in [-0.2, -0.15) is 0 Å². The van der Waals surface area contributed by atoms with Crippen LogP contribution < -0.4 is 15.8 Å². The van der Waals surface area contributed by atoms with Crippen LogP contribution in [-0.2, 0) is 6.54 Å². The minimum Gasteiger partial charge on any atom is -0.487 e. The normalized spacial score (nSPS) is 10.0. The van der Waals surface area contributed by atoms with Gasteiger partial charge in [-0.15, -0.1) is 0 Å². The van der Waals surface area contributed by atoms with Crippen LogP contribution in [0.15, 0.2) is 55.1 Å². The number of hydrogen-bond donors (Lipinski definition) is 2. The van der Waals surface area contributed by atoms with Crippen molar-refractivity contribution in [3.05, 3.63) is 72.1 Å². The SMILES string of the molecule is C=CCOc1cc(C(=O)NCc2ccccc2F)ccc1N. The molecular weight excluding hydrogens is 283 g/mol. The van der Waals surface area contributed by atoms with E-state index in [9.17, 15) is 9.18 Å². The summed E-state index contributed by atoms with van der Waals surface area (Å²) < 4.78 is 18.9. The van der Waals surface area contributed by atoms with E-state index in [0.717, 1.165) is 0 Å². The quantitative estimate of drug-likeness (QED) is 0.637. The molecule has 0 aliphatic carbocycles. The first kappa shape index (κ1) is 15.6. The van der Waals surface area contributed by atoms with Crippen molar-refractivity contribution in [2.24, 2.45) is 0 Å². The molecule has 22 heavy (non-hydrogen) atoms. The van der Waals surface area contributed by atoms with Crippen molar-refractivity contribution in [3.8, 4) is 5.75 Å². The molecule has 2 rings (SSSR count). The van der Waals surface area contributed by atoms with Crippen LogP contribution in [0.4, 0.5) is 10.1 Å². The molecular formula is C17H17FN2O2. The summed E-state index contributed by atoms with van der Waals surface area (Å²) >= 11 is 0. The van der Waals surface area contributed by atoms with Crippen molar-refractivity contribution in [1.82, 2.24) is 5.32 Å². The fourth-order valence-electron chi connectivity index (χ4n) is 1.87. The number of carbonyl (C=O) groups is 1. The largest absolute Gasteiger partial charge is 0.487 e. The molecule has 0 spiro atoms. The lowest BCUT2D eigenvalue weighted by Crippen LogP contribution is -2.23. The van der Waals surface area contributed by atoms with Gasteiger partial charge in [0.15, 0.2) is 0 Å². The highest BCUT2D eigenvalue weighted by atomic mass is 19.1. The van der Waals surface area contributed by atoms with E-state index < -0.39 is 0 Å². The number of ether oxygens (including phenoxy) is 1. The molecule has 0 atom stereocenters. The molecule has 0 heterocycles. The second kappa shape index (κ2) is 7.26. The third kappa shape index (κ3) is 3.85. The molecule has 4 nitrogen and oxygen atoms in total. The molecule has 0 unspecified atom stereocenters. The highest BCUT2D eigenvalue weighted by Gasteiger charge is 2.10. The average Bonchev–Trinajstić information content (AvgIpc) is 2.53. The van der Waals surface area contributed by atoms with Crippen LogP contribution in [0.1, 0.15) is 15.9 Å². The van der Waals surface area contributed by atoms with E-state index in [0.29, 0.717) is 29.2 Å². The molecule has 0 aliphatic heterocycles. The van der Waals surface area contributed by atoms with Gasteiger partial charge in [-0.3, -0.25) is 4.79 Å². The Hall–Kier alpha value is -2.82. The van der Waals surface area contributed by atoms with Gasteiger partial charge in [-0.25, -0.2) is 4.39 Å². The number of benzene rings is 2. The summed E-state index contributed by atoms with van der Waals surface area (Å²) in [7, 11) is 0. The van der Waals surface area contributed by atoms with Crippen LogP contribution >= 0.6 is 0 Å². The summed E-state index contributed by atoms with van der Waals surface area (Å²) in [6.45, 7) is 3.96. The molecule has 3 N–H and O–H groups in total. The zero-order valence-electron chi connectivity index (χ0n) is 12.0. The van der Waals surface area contributed by atoms with E-state index >= 15 is 0 Å². The van der Waals surface area contributed by atoms with E-state index in [1.807, 2.05) is 0 Å². The number of anilines is 1. The van der Waals surface area contributed by atoms with Gasteiger partial charge in [-0.05, 0) is 24.3 Å². The maximum absolute atomic E-state index is 13.5. The molecule has 2 aromatic carbocycles. The minimum absolute atomic E-state index is 0.110. The van der Waals surface area contributed by atoms with Crippen molar-refractivity contribution in [1.29, 1.82) is 0 Å². The average molecular weight is 300 g/mol. The minimum atomic E-state index is -0.352. The molecule has 0 fully saturated rings. The number of carbonyl (C=O) groups excluding carboxylic acids is 1. The van der Waals surface area contributed by atoms with Crippen LogP contribution in [0, 0.1) is 5.82 Å². The summed E-state index contributed by atoms with van der Waals surface area (Å²) in [4.78, 5) is 12.1. The number of hydrogen-bond acceptors (Lipinski definition) is 3. The van der Waals surface area contributed by atoms with Gasteiger partial charge < -0.3 is 15.8 Å². The standard InChI is InChI=1S/C17H17FN2O2/c1-2-9-22-16-10-12(7-8-15(16)19)17(21)20-11-13-5-3-4-6-14(13)18/h2-8,10H,1,9,11,19H2,(H,20,21). The van der Waals surface area contributed by atoms with E-state index in [1.165, 1.54) is 6.07 Å². The Bertz CT molecular complexity index is 686. The Morgan fingerprint density at radius 2 is 2.09 bits per heavy atom. The van der Waals surface area contributed by atoms with Crippen LogP contribution in [0.5, 0.6) is 5.75 Å². The Morgan fingerprint density at radius 1 is 1.32 bits per heavy atom. The lowest BCUT2D eigenvalue weighted by atomic mass is 10.1. The van der Waals surface area contributed by atoms with Crippen molar-refractivity contribution in [2.75, 3.05) is 12.3 Å². The Balaban J connectivity index is 2.06. The summed E-state index contributed by atoms with van der Waals surface area (Å²) in [6, 6.07) is 11.0. The molecule has 0 aromatic heterocycles. The predicted octanol–water partition coefficient (Wildman–Crippen LogP) is 2.90. The monoisotopic (exact) mass is 300 g/mol. The van der Waals surface area contributed by atoms with E-state index in [4.69, 9.17) is 10.5 Å². The smallest absolute Gasteiger partial charge is 0.251 e. The van der Waals surface area contributed by atoms with Gasteiger partial charge in [0.1, 0.15) is 18.2 Å². The molecule has 0 aliphatic rings. The van der Waals surface area contributed by atoms with Crippen LogP contribution in [0.2, 0.25) is 0 Å². The highest BCUT2D eigenvalue weighted by molar-refractivity contribution is 5.95. The van der Waals surface area contributed by atoms with Gasteiger partial charge >= 0.3 is 0 Å². The Morgan fingerprint density at radius 3 is 2.82 bits per heavy atom. The second-order valence-corrected chi connectivity index (χ2v) is 4.63. The fourth-order valence-corrected chi connectivity index (χ4v) is 1.87. The third-order valence-electron chi connectivity index (χ3n) is 3.03. The Labute approximate surface area is 128 Å². The predicted molar refractivity (Wildman–Crippen MR) is 84.1 cm³/mol. The molecule has 2 aromatic rings. The number of halogens is 1. The van der Waals surface area contributed by atoms with E-state index in [-0.39, 0.29) is 18.3 Å². The lowest BCUT2D eigenvalue weighted by Gasteiger charge is -2.10. The van der Waals surface area contributed by atoms with Gasteiger partial charge in [0.25, 0.3) is 5.91 Å². The number of nitrogens with two attached hydrogens (primary N) is 1. The van der Waals surface area contributed by atoms with Crippen molar-refractivity contribution in [2.45, 2.75) is 6.54 Å². The first-order valence-corrected chi connectivity index (χ1v) is 6.76. The van der Waals surface area contributed by atoms with Gasteiger partial charge in [0.05, 0.1) is 5.69 Å². The van der Waals surface area contributed by atoms with Gasteiger partial charge in [-0.1, -0.05) is 30.9 Å². The van der Waals surface area contributed by atoms with Gasteiger partial charge in [0.2, 0.25) is 0 Å².